The number of methoxy groups -OCH3 is 1. The van der Waals surface area contributed by atoms with Gasteiger partial charge in [0.2, 0.25) is 0 Å². The molecule has 2 aromatic heterocycles. The van der Waals surface area contributed by atoms with E-state index in [9.17, 15) is 0 Å². The predicted molar refractivity (Wildman–Crippen MR) is 115 cm³/mol. The summed E-state index contributed by atoms with van der Waals surface area (Å²) in [7, 11) is 1.69. The zero-order valence-electron chi connectivity index (χ0n) is 16.9. The Labute approximate surface area is 175 Å². The largest absolute Gasteiger partial charge is 0.497 e. The molecule has 4 aromatic rings. The fourth-order valence-electron chi connectivity index (χ4n) is 3.95. The summed E-state index contributed by atoms with van der Waals surface area (Å²) in [5.74, 6) is 0.879. The van der Waals surface area contributed by atoms with Crippen LogP contribution in [0.3, 0.4) is 0 Å². The van der Waals surface area contributed by atoms with Gasteiger partial charge in [-0.25, -0.2) is 4.52 Å². The van der Waals surface area contributed by atoms with Crippen molar-refractivity contribution < 1.29 is 9.47 Å². The number of hydrogen-bond acceptors (Lipinski definition) is 5. The molecule has 1 saturated heterocycles. The van der Waals surface area contributed by atoms with Gasteiger partial charge in [0, 0.05) is 31.4 Å². The zero-order valence-corrected chi connectivity index (χ0v) is 16.9. The van der Waals surface area contributed by atoms with Crippen molar-refractivity contribution in [3.8, 4) is 16.9 Å². The maximum absolute atomic E-state index is 6.07. The Hall–Kier alpha value is -3.22. The molecule has 0 unspecified atom stereocenters. The molecule has 0 bridgehead atoms. The number of fused-ring (bicyclic) bond motifs is 1. The normalized spacial score (nSPS) is 17.3. The standard InChI is InChI=1S/C24H24N4O2/c1-29-21-10-7-18(8-11-21)15-27-13-14-30-23(17-27)24-22-12-9-20(16-28(22)26-25-24)19-5-3-2-4-6-19/h2-12,16,23H,13-15,17H2,1H3/t23-/m0/s1. The van der Waals surface area contributed by atoms with E-state index < -0.39 is 0 Å². The van der Waals surface area contributed by atoms with Gasteiger partial charge in [-0.1, -0.05) is 53.7 Å². The molecule has 0 saturated carbocycles. The minimum atomic E-state index is -0.0860. The van der Waals surface area contributed by atoms with Crippen LogP contribution in [0, 0.1) is 0 Å². The highest BCUT2D eigenvalue weighted by atomic mass is 16.5. The van der Waals surface area contributed by atoms with Crippen molar-refractivity contribution in [3.05, 3.63) is 84.2 Å². The van der Waals surface area contributed by atoms with Crippen LogP contribution in [0.2, 0.25) is 0 Å². The van der Waals surface area contributed by atoms with E-state index in [1.54, 1.807) is 7.11 Å². The fraction of sp³-hybridized carbons (Fsp3) is 0.250. The predicted octanol–water partition coefficient (Wildman–Crippen LogP) is 3.98. The van der Waals surface area contributed by atoms with Gasteiger partial charge in [-0.2, -0.15) is 0 Å². The molecule has 6 heteroatoms. The average molecular weight is 400 g/mol. The lowest BCUT2D eigenvalue weighted by atomic mass is 10.1. The van der Waals surface area contributed by atoms with Crippen LogP contribution >= 0.6 is 0 Å². The number of nitrogens with zero attached hydrogens (tertiary/aromatic N) is 4. The summed E-state index contributed by atoms with van der Waals surface area (Å²) in [5, 5.41) is 8.83. The molecule has 5 rings (SSSR count). The van der Waals surface area contributed by atoms with E-state index in [1.165, 1.54) is 5.56 Å². The highest BCUT2D eigenvalue weighted by Gasteiger charge is 2.26. The number of morpholine rings is 1. The van der Waals surface area contributed by atoms with Crippen molar-refractivity contribution in [2.24, 2.45) is 0 Å². The summed E-state index contributed by atoms with van der Waals surface area (Å²) in [4.78, 5) is 2.40. The minimum absolute atomic E-state index is 0.0860. The molecule has 6 nitrogen and oxygen atoms in total. The molecule has 1 fully saturated rings. The number of benzene rings is 2. The summed E-state index contributed by atoms with van der Waals surface area (Å²) in [6.45, 7) is 3.25. The molecular weight excluding hydrogens is 376 g/mol. The van der Waals surface area contributed by atoms with Crippen molar-refractivity contribution in [1.82, 2.24) is 19.7 Å². The maximum atomic E-state index is 6.07. The summed E-state index contributed by atoms with van der Waals surface area (Å²) >= 11 is 0. The van der Waals surface area contributed by atoms with E-state index >= 15 is 0 Å². The lowest BCUT2D eigenvalue weighted by molar-refractivity contribution is -0.0343. The topological polar surface area (TPSA) is 51.9 Å². The fourth-order valence-corrected chi connectivity index (χ4v) is 3.95. The Morgan fingerprint density at radius 2 is 1.83 bits per heavy atom. The van der Waals surface area contributed by atoms with E-state index in [-0.39, 0.29) is 6.10 Å². The molecule has 1 aliphatic heterocycles. The Morgan fingerprint density at radius 1 is 1.00 bits per heavy atom. The second kappa shape index (κ2) is 8.26. The average Bonchev–Trinajstić information content (AvgIpc) is 3.24. The monoisotopic (exact) mass is 400 g/mol. The summed E-state index contributed by atoms with van der Waals surface area (Å²) in [6.07, 6.45) is 1.94. The number of rotatable bonds is 5. The van der Waals surface area contributed by atoms with Crippen LogP contribution in [-0.4, -0.2) is 46.5 Å². The Bertz CT molecular complexity index is 1130. The first-order valence-corrected chi connectivity index (χ1v) is 10.2. The van der Waals surface area contributed by atoms with Crippen molar-refractivity contribution in [3.63, 3.8) is 0 Å². The second-order valence-electron chi connectivity index (χ2n) is 7.53. The first-order valence-electron chi connectivity index (χ1n) is 10.2. The van der Waals surface area contributed by atoms with Crippen LogP contribution in [0.15, 0.2) is 72.9 Å². The van der Waals surface area contributed by atoms with Gasteiger partial charge in [0.25, 0.3) is 0 Å². The first kappa shape index (κ1) is 18.8. The van der Waals surface area contributed by atoms with Crippen LogP contribution in [0.5, 0.6) is 5.75 Å². The number of hydrogen-bond donors (Lipinski definition) is 0. The lowest BCUT2D eigenvalue weighted by Gasteiger charge is -2.32. The molecule has 0 spiro atoms. The molecule has 1 atom stereocenters. The van der Waals surface area contributed by atoms with E-state index in [2.05, 4.69) is 51.6 Å². The Morgan fingerprint density at radius 3 is 2.63 bits per heavy atom. The number of ether oxygens (including phenoxy) is 2. The smallest absolute Gasteiger partial charge is 0.121 e. The third-order valence-electron chi connectivity index (χ3n) is 5.57. The van der Waals surface area contributed by atoms with E-state index in [1.807, 2.05) is 41.0 Å². The molecule has 1 aliphatic rings. The molecule has 0 aliphatic carbocycles. The van der Waals surface area contributed by atoms with E-state index in [0.717, 1.165) is 47.7 Å². The summed E-state index contributed by atoms with van der Waals surface area (Å²) < 4.78 is 13.2. The van der Waals surface area contributed by atoms with Crippen LogP contribution in [-0.2, 0) is 11.3 Å². The SMILES string of the molecule is COc1ccc(CN2CCO[C@H](c3nnn4cc(-c5ccccc5)ccc34)C2)cc1. The first-order chi connectivity index (χ1) is 14.8. The third kappa shape index (κ3) is 3.79. The molecule has 0 radical (unpaired) electrons. The van der Waals surface area contributed by atoms with Gasteiger partial charge in [-0.15, -0.1) is 5.10 Å². The minimum Gasteiger partial charge on any atom is -0.497 e. The van der Waals surface area contributed by atoms with Gasteiger partial charge in [0.05, 0.1) is 19.2 Å². The highest BCUT2D eigenvalue weighted by Crippen LogP contribution is 2.27. The van der Waals surface area contributed by atoms with Crippen LogP contribution in [0.4, 0.5) is 0 Å². The molecular formula is C24H24N4O2. The molecule has 0 amide bonds. The molecule has 30 heavy (non-hydrogen) atoms. The molecule has 0 N–H and O–H groups in total. The quantitative estimate of drug-likeness (QED) is 0.507. The van der Waals surface area contributed by atoms with Crippen molar-refractivity contribution in [2.75, 3.05) is 26.8 Å². The molecule has 3 heterocycles. The van der Waals surface area contributed by atoms with Crippen LogP contribution < -0.4 is 4.74 Å². The van der Waals surface area contributed by atoms with Crippen molar-refractivity contribution in [1.29, 1.82) is 0 Å². The van der Waals surface area contributed by atoms with Gasteiger partial charge >= 0.3 is 0 Å². The van der Waals surface area contributed by atoms with Gasteiger partial charge < -0.3 is 9.47 Å². The van der Waals surface area contributed by atoms with Gasteiger partial charge in [-0.05, 0) is 29.3 Å². The van der Waals surface area contributed by atoms with Gasteiger partial charge in [0.15, 0.2) is 0 Å². The summed E-state index contributed by atoms with van der Waals surface area (Å²) in [5.41, 5.74) is 5.43. The van der Waals surface area contributed by atoms with Gasteiger partial charge in [-0.3, -0.25) is 4.90 Å². The Kier molecular flexibility index (Phi) is 5.17. The van der Waals surface area contributed by atoms with Crippen LogP contribution in [0.25, 0.3) is 16.6 Å². The summed E-state index contributed by atoms with van der Waals surface area (Å²) in [6, 6.07) is 22.7. The van der Waals surface area contributed by atoms with Crippen molar-refractivity contribution in [2.45, 2.75) is 12.6 Å². The van der Waals surface area contributed by atoms with Gasteiger partial charge in [0.1, 0.15) is 17.5 Å². The second-order valence-corrected chi connectivity index (χ2v) is 7.53. The highest BCUT2D eigenvalue weighted by molar-refractivity contribution is 5.66. The molecule has 152 valence electrons. The third-order valence-corrected chi connectivity index (χ3v) is 5.57. The zero-order chi connectivity index (χ0) is 20.3. The maximum Gasteiger partial charge on any atom is 0.121 e. The van der Waals surface area contributed by atoms with E-state index in [0.29, 0.717) is 6.61 Å². The molecule has 2 aromatic carbocycles. The lowest BCUT2D eigenvalue weighted by Crippen LogP contribution is -2.38. The van der Waals surface area contributed by atoms with Crippen molar-refractivity contribution >= 4 is 5.52 Å². The van der Waals surface area contributed by atoms with Crippen LogP contribution in [0.1, 0.15) is 17.4 Å². The number of aromatic nitrogens is 3. The number of pyridine rings is 1. The Balaban J connectivity index is 1.34. The van der Waals surface area contributed by atoms with E-state index in [4.69, 9.17) is 9.47 Å².